The summed E-state index contributed by atoms with van der Waals surface area (Å²) in [6.07, 6.45) is 1.41. The van der Waals surface area contributed by atoms with Gasteiger partial charge in [0, 0.05) is 50.5 Å². The van der Waals surface area contributed by atoms with Crippen LogP contribution in [0.2, 0.25) is 0 Å². The standard InChI is InChI=1S/C26H34F2N4O2/c1-26(2,20-8-10-30(11-9-20)24-22(27)16-21(29)17-23(24)28)32-14-12-31(13-15-32)25(33)34-18-19-6-4-3-5-7-19/h3-7,16-17,20H,8-15,18,29H2,1-2H3. The van der Waals surface area contributed by atoms with Gasteiger partial charge >= 0.3 is 6.09 Å². The lowest BCUT2D eigenvalue weighted by molar-refractivity contribution is 0.00514. The number of piperidine rings is 1. The molecule has 6 nitrogen and oxygen atoms in total. The fourth-order valence-corrected chi connectivity index (χ4v) is 5.23. The third-order valence-corrected chi connectivity index (χ3v) is 7.41. The van der Waals surface area contributed by atoms with E-state index in [0.717, 1.165) is 31.5 Å². The summed E-state index contributed by atoms with van der Waals surface area (Å²) in [5.41, 5.74) is 6.57. The minimum Gasteiger partial charge on any atom is -0.445 e. The zero-order chi connectivity index (χ0) is 24.3. The molecule has 0 bridgehead atoms. The lowest BCUT2D eigenvalue weighted by atomic mass is 9.78. The van der Waals surface area contributed by atoms with E-state index in [2.05, 4.69) is 18.7 Å². The Morgan fingerprint density at radius 3 is 2.18 bits per heavy atom. The Labute approximate surface area is 200 Å². The Morgan fingerprint density at radius 2 is 1.59 bits per heavy atom. The van der Waals surface area contributed by atoms with Crippen molar-refractivity contribution in [1.29, 1.82) is 0 Å². The molecule has 0 atom stereocenters. The van der Waals surface area contributed by atoms with Crippen molar-refractivity contribution in [2.24, 2.45) is 5.92 Å². The van der Waals surface area contributed by atoms with Crippen LogP contribution in [0.1, 0.15) is 32.3 Å². The third kappa shape index (κ3) is 5.27. The third-order valence-electron chi connectivity index (χ3n) is 7.41. The quantitative estimate of drug-likeness (QED) is 0.650. The molecule has 2 N–H and O–H groups in total. The summed E-state index contributed by atoms with van der Waals surface area (Å²) in [5.74, 6) is -0.823. The van der Waals surface area contributed by atoms with Crippen LogP contribution < -0.4 is 10.6 Å². The van der Waals surface area contributed by atoms with Crippen molar-refractivity contribution in [3.05, 3.63) is 59.7 Å². The fraction of sp³-hybridized carbons (Fsp3) is 0.500. The summed E-state index contributed by atoms with van der Waals surface area (Å²) < 4.78 is 34.2. The maximum absolute atomic E-state index is 14.4. The number of anilines is 2. The molecule has 2 aliphatic heterocycles. The van der Waals surface area contributed by atoms with Crippen LogP contribution in [-0.2, 0) is 11.3 Å². The number of rotatable bonds is 5. The van der Waals surface area contributed by atoms with Gasteiger partial charge in [-0.25, -0.2) is 13.6 Å². The highest BCUT2D eigenvalue weighted by atomic mass is 19.1. The summed E-state index contributed by atoms with van der Waals surface area (Å²) in [5, 5.41) is 0. The number of halogens is 2. The molecule has 8 heteroatoms. The van der Waals surface area contributed by atoms with Gasteiger partial charge in [0.2, 0.25) is 0 Å². The number of ether oxygens (including phenoxy) is 1. The molecular weight excluding hydrogens is 438 g/mol. The largest absolute Gasteiger partial charge is 0.445 e. The van der Waals surface area contributed by atoms with E-state index in [9.17, 15) is 13.6 Å². The predicted molar refractivity (Wildman–Crippen MR) is 130 cm³/mol. The molecule has 4 rings (SSSR count). The van der Waals surface area contributed by atoms with Crippen molar-refractivity contribution in [2.45, 2.75) is 38.8 Å². The van der Waals surface area contributed by atoms with Crippen LogP contribution in [0.3, 0.4) is 0 Å². The van der Waals surface area contributed by atoms with Crippen molar-refractivity contribution in [3.63, 3.8) is 0 Å². The van der Waals surface area contributed by atoms with Crippen LogP contribution in [-0.4, -0.2) is 60.7 Å². The maximum atomic E-state index is 14.4. The number of piperazine rings is 1. The molecule has 0 aromatic heterocycles. The molecule has 0 radical (unpaired) electrons. The molecule has 2 aromatic carbocycles. The van der Waals surface area contributed by atoms with Crippen LogP contribution in [0, 0.1) is 17.6 Å². The first-order valence-electron chi connectivity index (χ1n) is 12.0. The molecule has 0 aliphatic carbocycles. The minimum absolute atomic E-state index is 0.0214. The zero-order valence-corrected chi connectivity index (χ0v) is 20.0. The first-order valence-corrected chi connectivity index (χ1v) is 12.0. The highest BCUT2D eigenvalue weighted by Gasteiger charge is 2.39. The molecule has 2 fully saturated rings. The van der Waals surface area contributed by atoms with Crippen molar-refractivity contribution < 1.29 is 18.3 Å². The Kier molecular flexibility index (Phi) is 7.26. The average Bonchev–Trinajstić information content (AvgIpc) is 2.83. The molecule has 184 valence electrons. The minimum atomic E-state index is -0.606. The summed E-state index contributed by atoms with van der Waals surface area (Å²) in [4.78, 5) is 18.5. The van der Waals surface area contributed by atoms with Gasteiger partial charge in [0.05, 0.1) is 0 Å². The Bertz CT molecular complexity index is 963. The molecule has 0 unspecified atom stereocenters. The fourth-order valence-electron chi connectivity index (χ4n) is 5.23. The van der Waals surface area contributed by atoms with E-state index in [0.29, 0.717) is 32.1 Å². The molecule has 2 aromatic rings. The molecule has 0 saturated carbocycles. The van der Waals surface area contributed by atoms with Crippen molar-refractivity contribution in [1.82, 2.24) is 9.80 Å². The van der Waals surface area contributed by atoms with Crippen molar-refractivity contribution in [2.75, 3.05) is 49.9 Å². The van der Waals surface area contributed by atoms with Crippen molar-refractivity contribution >= 4 is 17.5 Å². The van der Waals surface area contributed by atoms with E-state index < -0.39 is 11.6 Å². The van der Waals surface area contributed by atoms with Crippen LogP contribution in [0.15, 0.2) is 42.5 Å². The van der Waals surface area contributed by atoms with Crippen LogP contribution >= 0.6 is 0 Å². The average molecular weight is 473 g/mol. The second-order valence-corrected chi connectivity index (χ2v) is 9.76. The normalized spacial score (nSPS) is 18.2. The Morgan fingerprint density at radius 1 is 1.00 bits per heavy atom. The van der Waals surface area contributed by atoms with E-state index in [1.807, 2.05) is 30.3 Å². The van der Waals surface area contributed by atoms with E-state index in [4.69, 9.17) is 10.5 Å². The first-order chi connectivity index (χ1) is 16.3. The van der Waals surface area contributed by atoms with E-state index in [1.165, 1.54) is 12.1 Å². The SMILES string of the molecule is CC(C)(C1CCN(c2c(F)cc(N)cc2F)CC1)N1CCN(C(=O)OCc2ccccc2)CC1. The van der Waals surface area contributed by atoms with E-state index in [1.54, 1.807) is 9.80 Å². The molecule has 0 spiro atoms. The van der Waals surface area contributed by atoms with Gasteiger partial charge in [0.25, 0.3) is 0 Å². The highest BCUT2D eigenvalue weighted by Crippen LogP contribution is 2.36. The summed E-state index contributed by atoms with van der Waals surface area (Å²) in [7, 11) is 0. The number of benzene rings is 2. The molecular formula is C26H34F2N4O2. The van der Waals surface area contributed by atoms with Crippen LogP contribution in [0.5, 0.6) is 0 Å². The second-order valence-electron chi connectivity index (χ2n) is 9.76. The van der Waals surface area contributed by atoms with Gasteiger partial charge in [-0.2, -0.15) is 0 Å². The number of hydrogen-bond acceptors (Lipinski definition) is 5. The molecule has 2 saturated heterocycles. The molecule has 2 heterocycles. The van der Waals surface area contributed by atoms with Gasteiger partial charge in [-0.15, -0.1) is 0 Å². The van der Waals surface area contributed by atoms with Gasteiger partial charge in [-0.1, -0.05) is 30.3 Å². The van der Waals surface area contributed by atoms with Crippen LogP contribution in [0.4, 0.5) is 25.0 Å². The lowest BCUT2D eigenvalue weighted by Gasteiger charge is -2.50. The van der Waals surface area contributed by atoms with Gasteiger partial charge < -0.3 is 20.3 Å². The van der Waals surface area contributed by atoms with Gasteiger partial charge in [0.15, 0.2) is 11.6 Å². The zero-order valence-electron chi connectivity index (χ0n) is 20.0. The summed E-state index contributed by atoms with van der Waals surface area (Å²) >= 11 is 0. The molecule has 2 aliphatic rings. The number of carbonyl (C=O) groups excluding carboxylic acids is 1. The number of amides is 1. The number of hydrogen-bond donors (Lipinski definition) is 1. The van der Waals surface area contributed by atoms with Crippen LogP contribution in [0.25, 0.3) is 0 Å². The smallest absolute Gasteiger partial charge is 0.410 e. The number of nitrogens with two attached hydrogens (primary N) is 1. The lowest BCUT2D eigenvalue weighted by Crippen LogP contribution is -2.59. The Balaban J connectivity index is 1.28. The maximum Gasteiger partial charge on any atom is 0.410 e. The molecule has 1 amide bonds. The molecule has 34 heavy (non-hydrogen) atoms. The first kappa shape index (κ1) is 24.3. The number of nitrogen functional groups attached to an aromatic ring is 1. The number of nitrogens with zero attached hydrogens (tertiary/aromatic N) is 3. The summed E-state index contributed by atoms with van der Waals surface area (Å²) in [6.45, 7) is 8.73. The van der Waals surface area contributed by atoms with E-state index >= 15 is 0 Å². The predicted octanol–water partition coefficient (Wildman–Crippen LogP) is 4.50. The van der Waals surface area contributed by atoms with E-state index in [-0.39, 0.29) is 29.6 Å². The topological polar surface area (TPSA) is 62.0 Å². The Hall–Kier alpha value is -2.87. The van der Waals surface area contributed by atoms with Crippen molar-refractivity contribution in [3.8, 4) is 0 Å². The summed E-state index contributed by atoms with van der Waals surface area (Å²) in [6, 6.07) is 12.0. The van der Waals surface area contributed by atoms with Gasteiger partial charge in [-0.05, 0) is 50.3 Å². The highest BCUT2D eigenvalue weighted by molar-refractivity contribution is 5.67. The monoisotopic (exact) mass is 472 g/mol. The number of carbonyl (C=O) groups is 1. The second kappa shape index (κ2) is 10.2. The van der Waals surface area contributed by atoms with Gasteiger partial charge in [0.1, 0.15) is 12.3 Å². The van der Waals surface area contributed by atoms with Gasteiger partial charge in [-0.3, -0.25) is 4.90 Å².